The van der Waals surface area contributed by atoms with E-state index >= 15 is 0 Å². The van der Waals surface area contributed by atoms with Crippen molar-refractivity contribution >= 4 is 11.6 Å². The van der Waals surface area contributed by atoms with Crippen molar-refractivity contribution in [2.24, 2.45) is 0 Å². The van der Waals surface area contributed by atoms with Gasteiger partial charge in [0.1, 0.15) is 11.6 Å². The molecule has 0 fully saturated rings. The molecule has 2 aromatic rings. The highest BCUT2D eigenvalue weighted by Crippen LogP contribution is 2.14. The van der Waals surface area contributed by atoms with E-state index in [2.05, 4.69) is 26.3 Å². The summed E-state index contributed by atoms with van der Waals surface area (Å²) in [5.74, 6) is 1.82. The fraction of sp³-hybridized carbons (Fsp3) is 0.231. The maximum absolute atomic E-state index is 4.48. The van der Waals surface area contributed by atoms with Gasteiger partial charge in [-0.2, -0.15) is 0 Å². The summed E-state index contributed by atoms with van der Waals surface area (Å²) < 4.78 is 0. The zero-order valence-corrected chi connectivity index (χ0v) is 10.1. The second-order valence-electron chi connectivity index (χ2n) is 3.85. The molecule has 2 aromatic heterocycles. The average Bonchev–Trinajstić information content (AvgIpc) is 2.40. The van der Waals surface area contributed by atoms with Crippen LogP contribution in [0.25, 0.3) is 0 Å². The number of anilines is 2. The van der Waals surface area contributed by atoms with Gasteiger partial charge in [-0.05, 0) is 23.8 Å². The van der Waals surface area contributed by atoms with Crippen LogP contribution in [0, 0.1) is 0 Å². The third kappa shape index (κ3) is 2.93. The molecule has 0 unspecified atom stereocenters. The van der Waals surface area contributed by atoms with E-state index in [4.69, 9.17) is 0 Å². The molecule has 2 heterocycles. The molecule has 17 heavy (non-hydrogen) atoms. The average molecular weight is 228 g/mol. The van der Waals surface area contributed by atoms with Gasteiger partial charge in [-0.1, -0.05) is 12.1 Å². The molecule has 0 spiro atoms. The summed E-state index contributed by atoms with van der Waals surface area (Å²) in [6.07, 6.45) is 3.65. The van der Waals surface area contributed by atoms with Crippen molar-refractivity contribution in [1.82, 2.24) is 9.97 Å². The fourth-order valence-corrected chi connectivity index (χ4v) is 1.62. The number of rotatable bonds is 4. The minimum absolute atomic E-state index is 0.800. The number of hydrogen-bond acceptors (Lipinski definition) is 4. The molecule has 88 valence electrons. The molecular weight excluding hydrogens is 212 g/mol. The summed E-state index contributed by atoms with van der Waals surface area (Å²) in [6.45, 7) is 0.800. The van der Waals surface area contributed by atoms with Gasteiger partial charge in [-0.15, -0.1) is 0 Å². The Morgan fingerprint density at radius 2 is 2.12 bits per heavy atom. The lowest BCUT2D eigenvalue weighted by Gasteiger charge is -2.18. The van der Waals surface area contributed by atoms with E-state index in [0.29, 0.717) is 0 Å². The maximum Gasteiger partial charge on any atom is 0.130 e. The summed E-state index contributed by atoms with van der Waals surface area (Å²) >= 11 is 0. The lowest BCUT2D eigenvalue weighted by Crippen LogP contribution is -2.18. The molecule has 0 bridgehead atoms. The van der Waals surface area contributed by atoms with Crippen LogP contribution >= 0.6 is 0 Å². The molecule has 0 amide bonds. The monoisotopic (exact) mass is 228 g/mol. The predicted octanol–water partition coefficient (Wildman–Crippen LogP) is 2.15. The highest BCUT2D eigenvalue weighted by Gasteiger charge is 2.03. The molecule has 0 aromatic carbocycles. The Hall–Kier alpha value is -2.10. The van der Waals surface area contributed by atoms with Crippen LogP contribution in [0.5, 0.6) is 0 Å². The second-order valence-corrected chi connectivity index (χ2v) is 3.85. The van der Waals surface area contributed by atoms with E-state index in [9.17, 15) is 0 Å². The van der Waals surface area contributed by atoms with Crippen LogP contribution in [-0.2, 0) is 6.54 Å². The van der Waals surface area contributed by atoms with Crippen molar-refractivity contribution in [2.45, 2.75) is 6.54 Å². The lowest BCUT2D eigenvalue weighted by atomic mass is 10.2. The Bertz CT molecular complexity index is 470. The van der Waals surface area contributed by atoms with Crippen LogP contribution < -0.4 is 10.2 Å². The summed E-state index contributed by atoms with van der Waals surface area (Å²) in [4.78, 5) is 10.7. The Morgan fingerprint density at radius 1 is 1.24 bits per heavy atom. The van der Waals surface area contributed by atoms with Crippen LogP contribution in [0.15, 0.2) is 42.7 Å². The smallest absolute Gasteiger partial charge is 0.130 e. The molecule has 0 aliphatic heterocycles. The number of aromatic nitrogens is 2. The largest absolute Gasteiger partial charge is 0.373 e. The summed E-state index contributed by atoms with van der Waals surface area (Å²) in [6, 6.07) is 9.94. The summed E-state index contributed by atoms with van der Waals surface area (Å²) in [5, 5.41) is 3.04. The zero-order chi connectivity index (χ0) is 12.1. The van der Waals surface area contributed by atoms with E-state index in [-0.39, 0.29) is 0 Å². The van der Waals surface area contributed by atoms with Gasteiger partial charge < -0.3 is 10.2 Å². The van der Waals surface area contributed by atoms with Gasteiger partial charge in [-0.3, -0.25) is 4.98 Å². The number of pyridine rings is 2. The van der Waals surface area contributed by atoms with E-state index in [1.807, 2.05) is 44.6 Å². The molecule has 0 aliphatic carbocycles. The Morgan fingerprint density at radius 3 is 2.82 bits per heavy atom. The number of nitrogens with zero attached hydrogens (tertiary/aromatic N) is 3. The number of hydrogen-bond donors (Lipinski definition) is 1. The Balaban J connectivity index is 2.11. The van der Waals surface area contributed by atoms with Crippen molar-refractivity contribution < 1.29 is 0 Å². The molecule has 1 N–H and O–H groups in total. The standard InChI is InChI=1S/C13H16N4/c1-14-12-6-3-7-13(16-12)17(2)10-11-5-4-8-15-9-11/h3-9H,10H2,1-2H3,(H,14,16). The van der Waals surface area contributed by atoms with Crippen LogP contribution in [-0.4, -0.2) is 24.1 Å². The maximum atomic E-state index is 4.48. The van der Waals surface area contributed by atoms with Crippen LogP contribution in [0.4, 0.5) is 11.6 Å². The van der Waals surface area contributed by atoms with E-state index in [1.54, 1.807) is 6.20 Å². The van der Waals surface area contributed by atoms with Gasteiger partial charge in [0.2, 0.25) is 0 Å². The topological polar surface area (TPSA) is 41.0 Å². The van der Waals surface area contributed by atoms with Crippen molar-refractivity contribution in [3.8, 4) is 0 Å². The van der Waals surface area contributed by atoms with Crippen molar-refractivity contribution in [3.63, 3.8) is 0 Å². The van der Waals surface area contributed by atoms with Crippen molar-refractivity contribution in [3.05, 3.63) is 48.3 Å². The Kier molecular flexibility index (Phi) is 3.55. The first kappa shape index (κ1) is 11.4. The Labute approximate surface area is 101 Å². The van der Waals surface area contributed by atoms with Crippen molar-refractivity contribution in [1.29, 1.82) is 0 Å². The highest BCUT2D eigenvalue weighted by atomic mass is 15.2. The summed E-state index contributed by atoms with van der Waals surface area (Å²) in [5.41, 5.74) is 1.17. The molecule has 2 rings (SSSR count). The molecule has 0 saturated heterocycles. The molecule has 0 radical (unpaired) electrons. The lowest BCUT2D eigenvalue weighted by molar-refractivity contribution is 0.892. The second kappa shape index (κ2) is 5.30. The van der Waals surface area contributed by atoms with Crippen LogP contribution in [0.2, 0.25) is 0 Å². The highest BCUT2D eigenvalue weighted by molar-refractivity contribution is 5.46. The first-order valence-corrected chi connectivity index (χ1v) is 5.54. The van der Waals surface area contributed by atoms with Gasteiger partial charge >= 0.3 is 0 Å². The summed E-state index contributed by atoms with van der Waals surface area (Å²) in [7, 11) is 3.89. The number of nitrogens with one attached hydrogen (secondary N) is 1. The van der Waals surface area contributed by atoms with Crippen LogP contribution in [0.1, 0.15) is 5.56 Å². The van der Waals surface area contributed by atoms with Gasteiger partial charge in [0, 0.05) is 33.0 Å². The fourth-order valence-electron chi connectivity index (χ4n) is 1.62. The van der Waals surface area contributed by atoms with E-state index in [1.165, 1.54) is 5.56 Å². The molecule has 0 atom stereocenters. The third-order valence-corrected chi connectivity index (χ3v) is 2.52. The van der Waals surface area contributed by atoms with Gasteiger partial charge in [0.15, 0.2) is 0 Å². The van der Waals surface area contributed by atoms with E-state index < -0.39 is 0 Å². The SMILES string of the molecule is CNc1cccc(N(C)Cc2cccnc2)n1. The van der Waals surface area contributed by atoms with Crippen molar-refractivity contribution in [2.75, 3.05) is 24.3 Å². The first-order valence-electron chi connectivity index (χ1n) is 5.54. The molecule has 0 saturated carbocycles. The molecular formula is C13H16N4. The third-order valence-electron chi connectivity index (χ3n) is 2.52. The molecule has 4 heteroatoms. The minimum atomic E-state index is 0.800. The van der Waals surface area contributed by atoms with Gasteiger partial charge in [0.25, 0.3) is 0 Å². The minimum Gasteiger partial charge on any atom is -0.373 e. The zero-order valence-electron chi connectivity index (χ0n) is 10.1. The molecule has 4 nitrogen and oxygen atoms in total. The van der Waals surface area contributed by atoms with Gasteiger partial charge in [-0.25, -0.2) is 4.98 Å². The van der Waals surface area contributed by atoms with E-state index in [0.717, 1.165) is 18.2 Å². The predicted molar refractivity (Wildman–Crippen MR) is 70.1 cm³/mol. The quantitative estimate of drug-likeness (QED) is 0.870. The van der Waals surface area contributed by atoms with Crippen LogP contribution in [0.3, 0.4) is 0 Å². The first-order chi connectivity index (χ1) is 8.29. The van der Waals surface area contributed by atoms with Gasteiger partial charge in [0.05, 0.1) is 0 Å². The molecule has 0 aliphatic rings. The normalized spacial score (nSPS) is 10.0.